The molecule has 1 saturated carbocycles. The summed E-state index contributed by atoms with van der Waals surface area (Å²) in [6.07, 6.45) is 9.54. The van der Waals surface area contributed by atoms with Crippen LogP contribution in [0, 0.1) is 12.7 Å². The molecule has 1 aromatic carbocycles. The standard InChI is InChI=1S/C24H24FN3O3/c1-15-11-18-21(12-20(15)25)28(14-22(29)27-17-5-3-2-4-6-17)13-19(24(18)31)23(30)16-7-9-26-10-8-16/h7-13,17H,2-6,14H2,1H3,(H,27,29). The number of aryl methyl sites for hydroxylation is 1. The Morgan fingerprint density at radius 3 is 2.58 bits per heavy atom. The molecule has 1 aliphatic carbocycles. The van der Waals surface area contributed by atoms with Gasteiger partial charge in [0.25, 0.3) is 0 Å². The Kier molecular flexibility index (Phi) is 5.93. The van der Waals surface area contributed by atoms with Gasteiger partial charge in [-0.2, -0.15) is 0 Å². The molecular formula is C24H24FN3O3. The third-order valence-corrected chi connectivity index (χ3v) is 5.83. The number of aromatic nitrogens is 2. The molecule has 0 atom stereocenters. The number of rotatable bonds is 5. The Hall–Kier alpha value is -3.35. The van der Waals surface area contributed by atoms with E-state index in [2.05, 4.69) is 10.3 Å². The highest BCUT2D eigenvalue weighted by Crippen LogP contribution is 2.20. The lowest BCUT2D eigenvalue weighted by molar-refractivity contribution is -0.122. The van der Waals surface area contributed by atoms with Gasteiger partial charge >= 0.3 is 0 Å². The summed E-state index contributed by atoms with van der Waals surface area (Å²) in [6.45, 7) is 1.46. The zero-order chi connectivity index (χ0) is 22.0. The van der Waals surface area contributed by atoms with Crippen LogP contribution in [0.5, 0.6) is 0 Å². The minimum atomic E-state index is -0.483. The molecule has 4 rings (SSSR count). The Balaban J connectivity index is 1.76. The lowest BCUT2D eigenvalue weighted by atomic mass is 9.95. The molecule has 160 valence electrons. The zero-order valence-corrected chi connectivity index (χ0v) is 17.4. The second-order valence-electron chi connectivity index (χ2n) is 8.09. The summed E-state index contributed by atoms with van der Waals surface area (Å²) in [7, 11) is 0. The fraction of sp³-hybridized carbons (Fsp3) is 0.333. The molecule has 6 nitrogen and oxygen atoms in total. The monoisotopic (exact) mass is 421 g/mol. The molecule has 0 saturated heterocycles. The fourth-order valence-corrected chi connectivity index (χ4v) is 4.15. The largest absolute Gasteiger partial charge is 0.352 e. The predicted octanol–water partition coefficient (Wildman–Crippen LogP) is 3.52. The van der Waals surface area contributed by atoms with E-state index in [0.29, 0.717) is 11.1 Å². The number of amides is 1. The molecule has 1 fully saturated rings. The Bertz CT molecular complexity index is 1200. The normalized spacial score (nSPS) is 14.5. The van der Waals surface area contributed by atoms with Crippen LogP contribution in [0.1, 0.15) is 53.6 Å². The lowest BCUT2D eigenvalue weighted by Gasteiger charge is -2.23. The minimum Gasteiger partial charge on any atom is -0.352 e. The van der Waals surface area contributed by atoms with Gasteiger partial charge in [0.2, 0.25) is 11.3 Å². The third-order valence-electron chi connectivity index (χ3n) is 5.83. The van der Waals surface area contributed by atoms with Crippen LogP contribution in [0.25, 0.3) is 10.9 Å². The fourth-order valence-electron chi connectivity index (χ4n) is 4.15. The van der Waals surface area contributed by atoms with Crippen molar-refractivity contribution >= 4 is 22.6 Å². The van der Waals surface area contributed by atoms with Crippen molar-refractivity contribution in [2.75, 3.05) is 0 Å². The molecule has 31 heavy (non-hydrogen) atoms. The average molecular weight is 421 g/mol. The van der Waals surface area contributed by atoms with Gasteiger partial charge in [0.1, 0.15) is 12.4 Å². The number of nitrogens with one attached hydrogen (secondary N) is 1. The average Bonchev–Trinajstić information content (AvgIpc) is 2.78. The van der Waals surface area contributed by atoms with Gasteiger partial charge in [0.15, 0.2) is 5.78 Å². The van der Waals surface area contributed by atoms with Gasteiger partial charge in [0, 0.05) is 35.6 Å². The number of nitrogens with zero attached hydrogens (tertiary/aromatic N) is 2. The quantitative estimate of drug-likeness (QED) is 0.639. The van der Waals surface area contributed by atoms with Crippen LogP contribution in [0.4, 0.5) is 4.39 Å². The molecule has 0 radical (unpaired) electrons. The van der Waals surface area contributed by atoms with E-state index in [1.807, 2.05) is 0 Å². The van der Waals surface area contributed by atoms with Gasteiger partial charge in [-0.3, -0.25) is 19.4 Å². The van der Waals surface area contributed by atoms with E-state index in [-0.39, 0.29) is 35.0 Å². The van der Waals surface area contributed by atoms with Crippen molar-refractivity contribution in [1.29, 1.82) is 0 Å². The van der Waals surface area contributed by atoms with Crippen molar-refractivity contribution in [2.45, 2.75) is 51.6 Å². The van der Waals surface area contributed by atoms with Crippen LogP contribution < -0.4 is 10.7 Å². The van der Waals surface area contributed by atoms with Gasteiger partial charge in [-0.25, -0.2) is 4.39 Å². The molecule has 2 heterocycles. The maximum Gasteiger partial charge on any atom is 0.240 e. The highest BCUT2D eigenvalue weighted by Gasteiger charge is 2.21. The highest BCUT2D eigenvalue weighted by atomic mass is 19.1. The molecule has 1 amide bonds. The van der Waals surface area contributed by atoms with Crippen LogP contribution in [-0.2, 0) is 11.3 Å². The van der Waals surface area contributed by atoms with E-state index in [9.17, 15) is 18.8 Å². The summed E-state index contributed by atoms with van der Waals surface area (Å²) >= 11 is 0. The number of halogens is 1. The SMILES string of the molecule is Cc1cc2c(=O)c(C(=O)c3ccncc3)cn(CC(=O)NC3CCCCC3)c2cc1F. The van der Waals surface area contributed by atoms with Gasteiger partial charge in [-0.1, -0.05) is 19.3 Å². The third kappa shape index (κ3) is 4.40. The molecule has 1 aliphatic rings. The molecule has 2 aromatic heterocycles. The highest BCUT2D eigenvalue weighted by molar-refractivity contribution is 6.10. The Morgan fingerprint density at radius 2 is 1.87 bits per heavy atom. The van der Waals surface area contributed by atoms with Crippen molar-refractivity contribution in [3.8, 4) is 0 Å². The summed E-state index contributed by atoms with van der Waals surface area (Å²) in [5.74, 6) is -1.15. The molecule has 1 N–H and O–H groups in total. The number of carbonyl (C=O) groups excluding carboxylic acids is 2. The summed E-state index contributed by atoms with van der Waals surface area (Å²) in [5.41, 5.74) is 0.372. The van der Waals surface area contributed by atoms with E-state index in [1.54, 1.807) is 6.92 Å². The van der Waals surface area contributed by atoms with E-state index in [1.165, 1.54) is 53.8 Å². The number of hydrogen-bond donors (Lipinski definition) is 1. The Morgan fingerprint density at radius 1 is 1.16 bits per heavy atom. The van der Waals surface area contributed by atoms with Crippen LogP contribution in [-0.4, -0.2) is 27.3 Å². The molecule has 0 bridgehead atoms. The first-order valence-electron chi connectivity index (χ1n) is 10.5. The van der Waals surface area contributed by atoms with E-state index < -0.39 is 17.0 Å². The molecule has 7 heteroatoms. The molecule has 3 aromatic rings. The molecule has 0 spiro atoms. The Labute approximate surface area is 179 Å². The first-order valence-corrected chi connectivity index (χ1v) is 10.5. The number of hydrogen-bond acceptors (Lipinski definition) is 4. The molecular weight excluding hydrogens is 397 g/mol. The summed E-state index contributed by atoms with van der Waals surface area (Å²) in [5, 5.41) is 3.24. The predicted molar refractivity (Wildman–Crippen MR) is 116 cm³/mol. The first-order chi connectivity index (χ1) is 14.9. The first kappa shape index (κ1) is 20.9. The molecule has 0 aliphatic heterocycles. The summed E-state index contributed by atoms with van der Waals surface area (Å²) in [6, 6.07) is 5.88. The van der Waals surface area contributed by atoms with Crippen molar-refractivity contribution in [3.63, 3.8) is 0 Å². The minimum absolute atomic E-state index is 0.0600. The summed E-state index contributed by atoms with van der Waals surface area (Å²) in [4.78, 5) is 42.7. The number of fused-ring (bicyclic) bond motifs is 1. The van der Waals surface area contributed by atoms with Crippen LogP contribution in [0.3, 0.4) is 0 Å². The summed E-state index contributed by atoms with van der Waals surface area (Å²) < 4.78 is 15.8. The lowest BCUT2D eigenvalue weighted by Crippen LogP contribution is -2.38. The zero-order valence-electron chi connectivity index (χ0n) is 17.4. The number of ketones is 1. The van der Waals surface area contributed by atoms with Crippen molar-refractivity contribution in [1.82, 2.24) is 14.9 Å². The maximum absolute atomic E-state index is 14.3. The second kappa shape index (κ2) is 8.79. The van der Waals surface area contributed by atoms with Crippen LogP contribution in [0.15, 0.2) is 47.7 Å². The van der Waals surface area contributed by atoms with Crippen molar-refractivity contribution in [2.24, 2.45) is 0 Å². The van der Waals surface area contributed by atoms with Gasteiger partial charge in [0.05, 0.1) is 11.1 Å². The van der Waals surface area contributed by atoms with Crippen LogP contribution >= 0.6 is 0 Å². The topological polar surface area (TPSA) is 81.1 Å². The van der Waals surface area contributed by atoms with E-state index >= 15 is 0 Å². The van der Waals surface area contributed by atoms with Gasteiger partial charge in [-0.15, -0.1) is 0 Å². The number of carbonyl (C=O) groups is 2. The van der Waals surface area contributed by atoms with Crippen molar-refractivity contribution in [3.05, 3.63) is 75.6 Å². The van der Waals surface area contributed by atoms with Gasteiger partial charge in [-0.05, 0) is 49.6 Å². The molecule has 0 unspecified atom stereocenters. The maximum atomic E-state index is 14.3. The van der Waals surface area contributed by atoms with Gasteiger partial charge < -0.3 is 9.88 Å². The van der Waals surface area contributed by atoms with Crippen LogP contribution in [0.2, 0.25) is 0 Å². The number of benzene rings is 1. The van der Waals surface area contributed by atoms with E-state index in [0.717, 1.165) is 25.7 Å². The van der Waals surface area contributed by atoms with Crippen molar-refractivity contribution < 1.29 is 14.0 Å². The second-order valence-corrected chi connectivity index (χ2v) is 8.09. The van der Waals surface area contributed by atoms with E-state index in [4.69, 9.17) is 0 Å². The number of pyridine rings is 2. The smallest absolute Gasteiger partial charge is 0.240 e.